The van der Waals surface area contributed by atoms with Gasteiger partial charge in [0.25, 0.3) is 0 Å². The molecule has 4 aromatic rings. The summed E-state index contributed by atoms with van der Waals surface area (Å²) in [6, 6.07) is 25.4. The van der Waals surface area contributed by atoms with Gasteiger partial charge < -0.3 is 4.74 Å². The molecule has 0 aliphatic rings. The number of nitrogens with zero attached hydrogens (tertiary/aromatic N) is 1. The number of carbonyl (C=O) groups is 2. The van der Waals surface area contributed by atoms with E-state index in [1.807, 2.05) is 85.8 Å². The molecule has 0 aliphatic heterocycles. The number of benzene rings is 3. The fourth-order valence-corrected chi connectivity index (χ4v) is 3.99. The maximum Gasteiger partial charge on any atom is 0.309 e. The first-order valence-corrected chi connectivity index (χ1v) is 10.4. The van der Waals surface area contributed by atoms with Crippen molar-refractivity contribution in [3.05, 3.63) is 84.4 Å². The van der Waals surface area contributed by atoms with Crippen molar-refractivity contribution in [1.82, 2.24) is 4.57 Å². The van der Waals surface area contributed by atoms with Crippen LogP contribution in [0, 0.1) is 5.92 Å². The molecule has 1 unspecified atom stereocenters. The number of rotatable bonds is 7. The number of esters is 1. The van der Waals surface area contributed by atoms with Gasteiger partial charge in [-0.25, -0.2) is 0 Å². The number of carbonyl (C=O) groups excluding carboxylic acids is 2. The first-order chi connectivity index (χ1) is 14.7. The first kappa shape index (κ1) is 19.9. The Bertz CT molecular complexity index is 1120. The van der Waals surface area contributed by atoms with Crippen LogP contribution < -0.4 is 0 Å². The van der Waals surface area contributed by atoms with Gasteiger partial charge in [0.15, 0.2) is 0 Å². The van der Waals surface area contributed by atoms with E-state index in [-0.39, 0.29) is 24.9 Å². The Kier molecular flexibility index (Phi) is 5.94. The molecule has 1 atom stereocenters. The summed E-state index contributed by atoms with van der Waals surface area (Å²) in [5.74, 6) is -0.844. The third-order valence-electron chi connectivity index (χ3n) is 5.44. The van der Waals surface area contributed by atoms with E-state index in [1.54, 1.807) is 4.57 Å². The summed E-state index contributed by atoms with van der Waals surface area (Å²) in [7, 11) is 0. The highest BCUT2D eigenvalue weighted by atomic mass is 16.5. The summed E-state index contributed by atoms with van der Waals surface area (Å²) in [6.07, 6.45) is 1.56. The van der Waals surface area contributed by atoms with Crippen LogP contribution in [0.4, 0.5) is 0 Å². The maximum absolute atomic E-state index is 13.4. The highest BCUT2D eigenvalue weighted by Crippen LogP contribution is 2.29. The summed E-state index contributed by atoms with van der Waals surface area (Å²) in [5.41, 5.74) is 2.68. The topological polar surface area (TPSA) is 48.3 Å². The van der Waals surface area contributed by atoms with Gasteiger partial charge in [0.2, 0.25) is 5.91 Å². The fraction of sp³-hybridized carbons (Fsp3) is 0.231. The third-order valence-corrected chi connectivity index (χ3v) is 5.44. The summed E-state index contributed by atoms with van der Waals surface area (Å²) < 4.78 is 7.28. The zero-order valence-corrected chi connectivity index (χ0v) is 17.1. The number of hydrogen-bond acceptors (Lipinski definition) is 3. The van der Waals surface area contributed by atoms with Gasteiger partial charge in [-0.15, -0.1) is 0 Å². The Morgan fingerprint density at radius 3 is 2.00 bits per heavy atom. The van der Waals surface area contributed by atoms with Gasteiger partial charge in [0.1, 0.15) is 6.61 Å². The number of ether oxygens (including phenoxy) is 1. The Morgan fingerprint density at radius 1 is 0.833 bits per heavy atom. The van der Waals surface area contributed by atoms with Crippen LogP contribution in [0.25, 0.3) is 21.8 Å². The van der Waals surface area contributed by atoms with Crippen molar-refractivity contribution in [1.29, 1.82) is 0 Å². The van der Waals surface area contributed by atoms with Crippen LogP contribution in [-0.2, 0) is 16.1 Å². The Labute approximate surface area is 176 Å². The van der Waals surface area contributed by atoms with E-state index in [0.29, 0.717) is 6.42 Å². The molecule has 1 heterocycles. The van der Waals surface area contributed by atoms with Crippen LogP contribution in [0.1, 0.15) is 36.5 Å². The van der Waals surface area contributed by atoms with E-state index in [9.17, 15) is 9.59 Å². The Morgan fingerprint density at radius 2 is 1.40 bits per heavy atom. The highest BCUT2D eigenvalue weighted by molar-refractivity contribution is 6.13. The molecule has 3 aromatic carbocycles. The van der Waals surface area contributed by atoms with Crippen LogP contribution in [0.5, 0.6) is 0 Å². The van der Waals surface area contributed by atoms with Crippen LogP contribution in [0.15, 0.2) is 78.9 Å². The van der Waals surface area contributed by atoms with E-state index in [0.717, 1.165) is 33.8 Å². The van der Waals surface area contributed by atoms with Crippen molar-refractivity contribution in [3.63, 3.8) is 0 Å². The smallest absolute Gasteiger partial charge is 0.309 e. The zero-order chi connectivity index (χ0) is 20.9. The molecule has 0 radical (unpaired) electrons. The van der Waals surface area contributed by atoms with Crippen LogP contribution >= 0.6 is 0 Å². The van der Waals surface area contributed by atoms with Crippen LogP contribution in [0.3, 0.4) is 0 Å². The minimum atomic E-state index is -0.453. The van der Waals surface area contributed by atoms with Gasteiger partial charge >= 0.3 is 5.97 Å². The number of aromatic nitrogens is 1. The Balaban J connectivity index is 1.58. The Hall–Kier alpha value is -3.40. The minimum absolute atomic E-state index is 0.0810. The standard InChI is InChI=1S/C26H25NO3/c1-2-10-20(26(29)30-18-19-11-4-3-5-12-19)17-25(28)27-23-15-8-6-13-21(23)22-14-7-9-16-24(22)27/h3-9,11-16,20H,2,10,17-18H2,1H3. The molecule has 30 heavy (non-hydrogen) atoms. The lowest BCUT2D eigenvalue weighted by molar-refractivity contribution is -0.150. The van der Waals surface area contributed by atoms with Gasteiger partial charge in [-0.1, -0.05) is 80.1 Å². The quantitative estimate of drug-likeness (QED) is 0.359. The zero-order valence-electron chi connectivity index (χ0n) is 17.1. The molecule has 152 valence electrons. The second kappa shape index (κ2) is 8.95. The maximum atomic E-state index is 13.4. The second-order valence-corrected chi connectivity index (χ2v) is 7.55. The molecular weight excluding hydrogens is 374 g/mol. The molecule has 1 aromatic heterocycles. The van der Waals surface area contributed by atoms with Gasteiger partial charge in [-0.2, -0.15) is 0 Å². The summed E-state index contributed by atoms with van der Waals surface area (Å²) in [6.45, 7) is 2.24. The largest absolute Gasteiger partial charge is 0.461 e. The summed E-state index contributed by atoms with van der Waals surface area (Å²) >= 11 is 0. The highest BCUT2D eigenvalue weighted by Gasteiger charge is 2.25. The van der Waals surface area contributed by atoms with Gasteiger partial charge in [0, 0.05) is 17.2 Å². The molecule has 0 N–H and O–H groups in total. The SMILES string of the molecule is CCCC(CC(=O)n1c2ccccc2c2ccccc21)C(=O)OCc1ccccc1. The summed E-state index contributed by atoms with van der Waals surface area (Å²) in [4.78, 5) is 26.1. The monoisotopic (exact) mass is 399 g/mol. The van der Waals surface area contributed by atoms with Crippen molar-refractivity contribution in [2.45, 2.75) is 32.8 Å². The predicted octanol–water partition coefficient (Wildman–Crippen LogP) is 5.98. The second-order valence-electron chi connectivity index (χ2n) is 7.55. The van der Waals surface area contributed by atoms with Crippen LogP contribution in [0.2, 0.25) is 0 Å². The van der Waals surface area contributed by atoms with Gasteiger partial charge in [-0.05, 0) is 24.1 Å². The average Bonchev–Trinajstić information content (AvgIpc) is 3.12. The van der Waals surface area contributed by atoms with E-state index in [1.165, 1.54) is 0 Å². The number of hydrogen-bond donors (Lipinski definition) is 0. The third kappa shape index (κ3) is 3.99. The van der Waals surface area contributed by atoms with E-state index in [2.05, 4.69) is 0 Å². The van der Waals surface area contributed by atoms with Crippen molar-refractivity contribution in [3.8, 4) is 0 Å². The van der Waals surface area contributed by atoms with Crippen molar-refractivity contribution in [2.75, 3.05) is 0 Å². The average molecular weight is 399 g/mol. The van der Waals surface area contributed by atoms with E-state index >= 15 is 0 Å². The lowest BCUT2D eigenvalue weighted by Gasteiger charge is -2.16. The molecule has 0 fully saturated rings. The molecule has 0 spiro atoms. The van der Waals surface area contributed by atoms with Gasteiger partial charge in [-0.3, -0.25) is 14.2 Å². The molecule has 4 heteroatoms. The van der Waals surface area contributed by atoms with Crippen molar-refractivity contribution >= 4 is 33.7 Å². The molecule has 0 amide bonds. The number of para-hydroxylation sites is 2. The van der Waals surface area contributed by atoms with Crippen LogP contribution in [-0.4, -0.2) is 16.4 Å². The molecular formula is C26H25NO3. The normalized spacial score (nSPS) is 12.2. The molecule has 0 saturated heterocycles. The fourth-order valence-electron chi connectivity index (χ4n) is 3.99. The van der Waals surface area contributed by atoms with Crippen molar-refractivity contribution in [2.24, 2.45) is 5.92 Å². The first-order valence-electron chi connectivity index (χ1n) is 10.4. The molecule has 0 saturated carbocycles. The van der Waals surface area contributed by atoms with E-state index < -0.39 is 5.92 Å². The van der Waals surface area contributed by atoms with Gasteiger partial charge in [0.05, 0.1) is 17.0 Å². The molecule has 0 aliphatic carbocycles. The summed E-state index contributed by atoms with van der Waals surface area (Å²) in [5, 5.41) is 2.08. The van der Waals surface area contributed by atoms with E-state index in [4.69, 9.17) is 4.74 Å². The minimum Gasteiger partial charge on any atom is -0.461 e. The molecule has 4 rings (SSSR count). The lowest BCUT2D eigenvalue weighted by atomic mass is 9.99. The lowest BCUT2D eigenvalue weighted by Crippen LogP contribution is -2.23. The molecule has 4 nitrogen and oxygen atoms in total. The van der Waals surface area contributed by atoms with Crippen molar-refractivity contribution < 1.29 is 14.3 Å². The number of fused-ring (bicyclic) bond motifs is 3. The molecule has 0 bridgehead atoms. The predicted molar refractivity (Wildman–Crippen MR) is 119 cm³/mol.